The van der Waals surface area contributed by atoms with Crippen LogP contribution in [0, 0.1) is 5.92 Å². The highest BCUT2D eigenvalue weighted by atomic mass is 32.2. The highest BCUT2D eigenvalue weighted by molar-refractivity contribution is 7.89. The Balaban J connectivity index is 1.32. The minimum atomic E-state index is -3.76. The summed E-state index contributed by atoms with van der Waals surface area (Å²) in [5, 5.41) is 5.06. The van der Waals surface area contributed by atoms with Gasteiger partial charge in [-0.3, -0.25) is 9.69 Å². The van der Waals surface area contributed by atoms with Crippen molar-refractivity contribution in [3.63, 3.8) is 0 Å². The summed E-state index contributed by atoms with van der Waals surface area (Å²) in [6, 6.07) is 7.28. The lowest BCUT2D eigenvalue weighted by molar-refractivity contribution is -0.118. The van der Waals surface area contributed by atoms with Gasteiger partial charge in [0.1, 0.15) is 10.6 Å². The first-order valence-corrected chi connectivity index (χ1v) is 13.7. The molecule has 1 saturated heterocycles. The number of carbonyl (C=O) groups is 1. The quantitative estimate of drug-likeness (QED) is 0.641. The van der Waals surface area contributed by atoms with Crippen molar-refractivity contribution in [1.82, 2.24) is 9.21 Å². The summed E-state index contributed by atoms with van der Waals surface area (Å²) in [5.41, 5.74) is 1.83. The zero-order valence-corrected chi connectivity index (χ0v) is 20.3. The van der Waals surface area contributed by atoms with Crippen molar-refractivity contribution in [2.75, 3.05) is 51.8 Å². The lowest BCUT2D eigenvalue weighted by atomic mass is 9.96. The van der Waals surface area contributed by atoms with E-state index in [0.29, 0.717) is 44.0 Å². The van der Waals surface area contributed by atoms with E-state index < -0.39 is 10.0 Å². The molecule has 8 nitrogen and oxygen atoms in total. The molecular weight excluding hydrogens is 462 g/mol. The number of rotatable bonds is 7. The van der Waals surface area contributed by atoms with Crippen LogP contribution in [0.25, 0.3) is 0 Å². The van der Waals surface area contributed by atoms with Crippen molar-refractivity contribution in [2.24, 2.45) is 5.92 Å². The van der Waals surface area contributed by atoms with E-state index in [4.69, 9.17) is 9.47 Å². The summed E-state index contributed by atoms with van der Waals surface area (Å²) < 4.78 is 38.4. The van der Waals surface area contributed by atoms with Crippen LogP contribution in [0.15, 0.2) is 34.5 Å². The minimum absolute atomic E-state index is 0.0569. The Bertz CT molecular complexity index is 1120. The van der Waals surface area contributed by atoms with E-state index in [2.05, 4.69) is 21.7 Å². The molecule has 2 fully saturated rings. The summed E-state index contributed by atoms with van der Waals surface area (Å²) in [4.78, 5) is 16.8. The predicted octanol–water partition coefficient (Wildman–Crippen LogP) is 2.73. The minimum Gasteiger partial charge on any atom is -0.495 e. The standard InChI is InChI=1S/C23H29N3O5S2/c1-30-19-5-4-17(14-21(19)33(28,29)26-9-11-31-12-10-26)24-22(27)15-25-8-6-20-18(7-13-32-20)23(25)16-2-3-16/h4-5,7,13-14,16,23H,2-3,6,8-12,15H2,1H3,(H,24,27). The van der Waals surface area contributed by atoms with Crippen LogP contribution in [0.2, 0.25) is 0 Å². The van der Waals surface area contributed by atoms with Gasteiger partial charge in [-0.1, -0.05) is 0 Å². The van der Waals surface area contributed by atoms with Crippen LogP contribution < -0.4 is 10.1 Å². The summed E-state index contributed by atoms with van der Waals surface area (Å²) >= 11 is 1.81. The van der Waals surface area contributed by atoms with Crippen molar-refractivity contribution in [1.29, 1.82) is 0 Å². The van der Waals surface area contributed by atoms with Crippen molar-refractivity contribution in [2.45, 2.75) is 30.2 Å². The van der Waals surface area contributed by atoms with Crippen LogP contribution in [-0.2, 0) is 26.0 Å². The first-order valence-electron chi connectivity index (χ1n) is 11.3. The van der Waals surface area contributed by atoms with E-state index in [-0.39, 0.29) is 23.1 Å². The fraction of sp³-hybridized carbons (Fsp3) is 0.522. The molecule has 1 aromatic heterocycles. The van der Waals surface area contributed by atoms with Crippen LogP contribution >= 0.6 is 11.3 Å². The molecule has 2 aromatic rings. The Kier molecular flexibility index (Phi) is 6.45. The molecule has 0 spiro atoms. The number of methoxy groups -OCH3 is 1. The predicted molar refractivity (Wildman–Crippen MR) is 126 cm³/mol. The van der Waals surface area contributed by atoms with Crippen molar-refractivity contribution < 1.29 is 22.7 Å². The number of nitrogens with zero attached hydrogens (tertiary/aromatic N) is 2. The van der Waals surface area contributed by atoms with E-state index in [1.807, 2.05) is 11.3 Å². The number of ether oxygens (including phenoxy) is 2. The topological polar surface area (TPSA) is 88.2 Å². The summed E-state index contributed by atoms with van der Waals surface area (Å²) in [6.07, 6.45) is 3.38. The van der Waals surface area contributed by atoms with Gasteiger partial charge in [-0.15, -0.1) is 11.3 Å². The average Bonchev–Trinajstić information content (AvgIpc) is 3.55. The maximum absolute atomic E-state index is 13.2. The fourth-order valence-corrected chi connectivity index (χ4v) is 7.31. The molecule has 0 bridgehead atoms. The SMILES string of the molecule is COc1ccc(NC(=O)CN2CCc3sccc3C2C2CC2)cc1S(=O)(=O)N1CCOCC1. The van der Waals surface area contributed by atoms with Gasteiger partial charge in [-0.25, -0.2) is 8.42 Å². The Morgan fingerprint density at radius 2 is 2.00 bits per heavy atom. The van der Waals surface area contributed by atoms with Crippen LogP contribution in [0.3, 0.4) is 0 Å². The highest BCUT2D eigenvalue weighted by Crippen LogP contribution is 2.48. The molecule has 1 aliphatic carbocycles. The molecule has 3 heterocycles. The molecule has 1 aromatic carbocycles. The molecule has 5 rings (SSSR count). The third kappa shape index (κ3) is 4.67. The average molecular weight is 492 g/mol. The molecule has 0 radical (unpaired) electrons. The maximum atomic E-state index is 13.2. The van der Waals surface area contributed by atoms with Crippen molar-refractivity contribution in [3.8, 4) is 5.75 Å². The Morgan fingerprint density at radius 3 is 2.73 bits per heavy atom. The number of hydrogen-bond acceptors (Lipinski definition) is 7. The number of hydrogen-bond donors (Lipinski definition) is 1. The first kappa shape index (κ1) is 22.8. The van der Waals surface area contributed by atoms with E-state index in [1.54, 1.807) is 12.1 Å². The van der Waals surface area contributed by atoms with E-state index in [9.17, 15) is 13.2 Å². The lowest BCUT2D eigenvalue weighted by Crippen LogP contribution is -2.41. The molecular formula is C23H29N3O5S2. The molecule has 10 heteroatoms. The molecule has 178 valence electrons. The summed E-state index contributed by atoms with van der Waals surface area (Å²) in [7, 11) is -2.32. The third-order valence-corrected chi connectivity index (χ3v) is 9.48. The molecule has 33 heavy (non-hydrogen) atoms. The monoisotopic (exact) mass is 491 g/mol. The Hall–Kier alpha value is -1.98. The number of thiophene rings is 1. The molecule has 3 aliphatic rings. The van der Waals surface area contributed by atoms with Gasteiger partial charge in [0.25, 0.3) is 0 Å². The smallest absolute Gasteiger partial charge is 0.246 e. The van der Waals surface area contributed by atoms with Crippen molar-refractivity contribution in [3.05, 3.63) is 40.1 Å². The van der Waals surface area contributed by atoms with Gasteiger partial charge in [0.05, 0.1) is 26.9 Å². The molecule has 1 atom stereocenters. The summed E-state index contributed by atoms with van der Waals surface area (Å²) in [5.74, 6) is 0.742. The van der Waals surface area contributed by atoms with Crippen LogP contribution in [-0.4, -0.2) is 70.0 Å². The number of benzene rings is 1. The number of carbonyl (C=O) groups excluding carboxylic acids is 1. The molecule has 2 aliphatic heterocycles. The number of nitrogens with one attached hydrogen (secondary N) is 1. The lowest BCUT2D eigenvalue weighted by Gasteiger charge is -2.35. The zero-order chi connectivity index (χ0) is 23.0. The fourth-order valence-electron chi connectivity index (χ4n) is 4.81. The van der Waals surface area contributed by atoms with Crippen LogP contribution in [0.5, 0.6) is 5.75 Å². The van der Waals surface area contributed by atoms with Crippen LogP contribution in [0.1, 0.15) is 29.3 Å². The van der Waals surface area contributed by atoms with Gasteiger partial charge >= 0.3 is 0 Å². The Labute approximate surface area is 198 Å². The largest absolute Gasteiger partial charge is 0.495 e. The second kappa shape index (κ2) is 9.34. The third-order valence-electron chi connectivity index (χ3n) is 6.57. The van der Waals surface area contributed by atoms with E-state index in [1.165, 1.54) is 40.8 Å². The highest BCUT2D eigenvalue weighted by Gasteiger charge is 2.40. The second-order valence-corrected chi connectivity index (χ2v) is 11.6. The van der Waals surface area contributed by atoms with Gasteiger partial charge in [0.15, 0.2) is 0 Å². The van der Waals surface area contributed by atoms with Gasteiger partial charge < -0.3 is 14.8 Å². The number of fused-ring (bicyclic) bond motifs is 1. The van der Waals surface area contributed by atoms with Crippen LogP contribution in [0.4, 0.5) is 5.69 Å². The molecule has 1 amide bonds. The zero-order valence-electron chi connectivity index (χ0n) is 18.7. The van der Waals surface area contributed by atoms with Gasteiger partial charge in [0, 0.05) is 36.2 Å². The van der Waals surface area contributed by atoms with E-state index in [0.717, 1.165) is 13.0 Å². The molecule has 1 saturated carbocycles. The number of morpholine rings is 1. The van der Waals surface area contributed by atoms with E-state index >= 15 is 0 Å². The van der Waals surface area contributed by atoms with Gasteiger partial charge in [0.2, 0.25) is 15.9 Å². The number of anilines is 1. The first-order chi connectivity index (χ1) is 16.0. The summed E-state index contributed by atoms with van der Waals surface area (Å²) in [6.45, 7) is 2.47. The molecule has 1 unspecified atom stereocenters. The maximum Gasteiger partial charge on any atom is 0.246 e. The number of sulfonamides is 1. The van der Waals surface area contributed by atoms with Gasteiger partial charge in [-0.2, -0.15) is 4.31 Å². The number of amides is 1. The van der Waals surface area contributed by atoms with Gasteiger partial charge in [-0.05, 0) is 60.4 Å². The van der Waals surface area contributed by atoms with Crippen molar-refractivity contribution >= 4 is 33.0 Å². The second-order valence-electron chi connectivity index (χ2n) is 8.73. The Morgan fingerprint density at radius 1 is 1.21 bits per heavy atom. The normalized spacial score (nSPS) is 22.0. The molecule has 1 N–H and O–H groups in total.